The number of H-pyrrole nitrogens is 1. The van der Waals surface area contributed by atoms with Crippen LogP contribution in [0.25, 0.3) is 11.4 Å². The molecule has 3 aromatic rings. The first-order chi connectivity index (χ1) is 14.1. The van der Waals surface area contributed by atoms with Crippen LogP contribution in [0.2, 0.25) is 0 Å². The van der Waals surface area contributed by atoms with E-state index >= 15 is 0 Å². The number of aryl methyl sites for hydroxylation is 1. The maximum atomic E-state index is 12.9. The lowest BCUT2D eigenvalue weighted by molar-refractivity contribution is -0.121. The van der Waals surface area contributed by atoms with Crippen LogP contribution in [0.3, 0.4) is 0 Å². The molecule has 4 rings (SSSR count). The molecule has 2 amide bonds. The van der Waals surface area contributed by atoms with Crippen LogP contribution in [0.15, 0.2) is 54.7 Å². The number of nitrogens with zero attached hydrogens (tertiary/aromatic N) is 3. The van der Waals surface area contributed by atoms with E-state index in [0.29, 0.717) is 30.2 Å². The summed E-state index contributed by atoms with van der Waals surface area (Å²) in [7, 11) is 0. The van der Waals surface area contributed by atoms with Crippen LogP contribution in [0.5, 0.6) is 0 Å². The summed E-state index contributed by atoms with van der Waals surface area (Å²) in [6.45, 7) is 3.03. The van der Waals surface area contributed by atoms with Crippen molar-refractivity contribution in [2.45, 2.75) is 19.8 Å². The summed E-state index contributed by atoms with van der Waals surface area (Å²) < 4.78 is 0. The van der Waals surface area contributed by atoms with E-state index in [1.807, 2.05) is 49.4 Å². The number of carbonyl (C=O) groups is 2. The number of amides is 2. The number of aromatic amines is 1. The summed E-state index contributed by atoms with van der Waals surface area (Å²) in [5.41, 5.74) is 3.65. The molecule has 0 aliphatic carbocycles. The number of pyridine rings is 1. The molecule has 1 aliphatic heterocycles. The van der Waals surface area contributed by atoms with E-state index in [4.69, 9.17) is 0 Å². The molecule has 1 fully saturated rings. The van der Waals surface area contributed by atoms with Crippen molar-refractivity contribution in [1.29, 1.82) is 0 Å². The second kappa shape index (κ2) is 8.26. The monoisotopic (exact) mass is 389 g/mol. The van der Waals surface area contributed by atoms with Crippen molar-refractivity contribution in [1.82, 2.24) is 20.1 Å². The highest BCUT2D eigenvalue weighted by atomic mass is 16.2. The minimum absolute atomic E-state index is 0.0508. The summed E-state index contributed by atoms with van der Waals surface area (Å²) in [5, 5.41) is 9.97. The van der Waals surface area contributed by atoms with Gasteiger partial charge in [0.05, 0.1) is 11.6 Å². The Morgan fingerprint density at radius 2 is 1.97 bits per heavy atom. The van der Waals surface area contributed by atoms with Crippen molar-refractivity contribution in [3.05, 3.63) is 66.0 Å². The third-order valence-corrected chi connectivity index (χ3v) is 5.13. The molecule has 148 valence electrons. The fourth-order valence-corrected chi connectivity index (χ4v) is 3.50. The normalized spacial score (nSPS) is 16.4. The van der Waals surface area contributed by atoms with Crippen LogP contribution in [0.4, 0.5) is 5.69 Å². The second-order valence-corrected chi connectivity index (χ2v) is 7.33. The van der Waals surface area contributed by atoms with Gasteiger partial charge in [-0.25, -0.2) is 0 Å². The zero-order chi connectivity index (χ0) is 20.2. The highest BCUT2D eigenvalue weighted by Gasteiger charge is 2.29. The maximum absolute atomic E-state index is 12.9. The molecule has 0 spiro atoms. The number of likely N-dealkylation sites (tertiary alicyclic amines) is 1. The first kappa shape index (κ1) is 18.9. The van der Waals surface area contributed by atoms with Crippen molar-refractivity contribution in [2.75, 3.05) is 18.4 Å². The Balaban J connectivity index is 1.41. The van der Waals surface area contributed by atoms with Crippen LogP contribution in [-0.2, 0) is 4.79 Å². The van der Waals surface area contributed by atoms with E-state index < -0.39 is 0 Å². The minimum Gasteiger partial charge on any atom is -0.337 e. The van der Waals surface area contributed by atoms with E-state index in [9.17, 15) is 9.59 Å². The second-order valence-electron chi connectivity index (χ2n) is 7.33. The summed E-state index contributed by atoms with van der Waals surface area (Å²) in [6, 6.07) is 15.0. The van der Waals surface area contributed by atoms with Crippen LogP contribution in [0, 0.1) is 12.8 Å². The van der Waals surface area contributed by atoms with Crippen molar-refractivity contribution in [3.63, 3.8) is 0 Å². The van der Waals surface area contributed by atoms with Gasteiger partial charge in [0.25, 0.3) is 5.91 Å². The highest BCUT2D eigenvalue weighted by Crippen LogP contribution is 2.22. The predicted octanol–water partition coefficient (Wildman–Crippen LogP) is 3.27. The molecule has 2 aromatic heterocycles. The van der Waals surface area contributed by atoms with Crippen molar-refractivity contribution in [2.24, 2.45) is 5.92 Å². The standard InChI is InChI=1S/C22H23N5O2/c1-15-7-9-17(10-8-15)24-21(28)16-5-4-12-27(14-16)22(29)20-13-19(25-26-20)18-6-2-3-11-23-18/h2-3,6-11,13,16H,4-5,12,14H2,1H3,(H,24,28)(H,25,26)/t16-/m1/s1. The smallest absolute Gasteiger partial charge is 0.271 e. The van der Waals surface area contributed by atoms with Gasteiger partial charge in [-0.1, -0.05) is 23.8 Å². The van der Waals surface area contributed by atoms with Crippen molar-refractivity contribution in [3.8, 4) is 11.4 Å². The van der Waals surface area contributed by atoms with E-state index in [1.165, 1.54) is 0 Å². The Morgan fingerprint density at radius 1 is 1.14 bits per heavy atom. The SMILES string of the molecule is Cc1ccc(NC(=O)[C@@H]2CCCN(C(=O)c3cc(-c4ccccn4)n[nH]3)C2)cc1. The summed E-state index contributed by atoms with van der Waals surface area (Å²) >= 11 is 0. The van der Waals surface area contributed by atoms with Crippen LogP contribution in [0.1, 0.15) is 28.9 Å². The molecule has 0 saturated carbocycles. The van der Waals surface area contributed by atoms with Gasteiger partial charge in [0, 0.05) is 25.0 Å². The molecular weight excluding hydrogens is 366 g/mol. The lowest BCUT2D eigenvalue weighted by Gasteiger charge is -2.31. The minimum atomic E-state index is -0.229. The zero-order valence-corrected chi connectivity index (χ0v) is 16.3. The van der Waals surface area contributed by atoms with E-state index in [1.54, 1.807) is 17.2 Å². The van der Waals surface area contributed by atoms with Crippen LogP contribution >= 0.6 is 0 Å². The van der Waals surface area contributed by atoms with Crippen LogP contribution in [-0.4, -0.2) is 45.0 Å². The van der Waals surface area contributed by atoms with Gasteiger partial charge in [-0.2, -0.15) is 5.10 Å². The Morgan fingerprint density at radius 3 is 2.72 bits per heavy atom. The van der Waals surface area contributed by atoms with E-state index in [2.05, 4.69) is 20.5 Å². The molecule has 29 heavy (non-hydrogen) atoms. The number of nitrogens with one attached hydrogen (secondary N) is 2. The van der Waals surface area contributed by atoms with Gasteiger partial charge in [-0.3, -0.25) is 19.7 Å². The molecule has 0 unspecified atom stereocenters. The van der Waals surface area contributed by atoms with E-state index in [0.717, 1.165) is 24.1 Å². The molecule has 7 heteroatoms. The average molecular weight is 389 g/mol. The number of hydrogen-bond donors (Lipinski definition) is 2. The average Bonchev–Trinajstić information content (AvgIpc) is 3.26. The number of rotatable bonds is 4. The van der Waals surface area contributed by atoms with Crippen molar-refractivity contribution < 1.29 is 9.59 Å². The molecule has 7 nitrogen and oxygen atoms in total. The molecule has 0 bridgehead atoms. The number of carbonyl (C=O) groups excluding carboxylic acids is 2. The highest BCUT2D eigenvalue weighted by molar-refractivity contribution is 5.95. The number of benzene rings is 1. The zero-order valence-electron chi connectivity index (χ0n) is 16.3. The summed E-state index contributed by atoms with van der Waals surface area (Å²) in [5.74, 6) is -0.426. The van der Waals surface area contributed by atoms with Gasteiger partial charge < -0.3 is 10.2 Å². The Labute approximate surface area is 169 Å². The van der Waals surface area contributed by atoms with Crippen molar-refractivity contribution >= 4 is 17.5 Å². The number of aromatic nitrogens is 3. The van der Waals surface area contributed by atoms with Gasteiger partial charge >= 0.3 is 0 Å². The van der Waals surface area contributed by atoms with Gasteiger partial charge in [0.15, 0.2) is 0 Å². The molecular formula is C22H23N5O2. The fraction of sp³-hybridized carbons (Fsp3) is 0.273. The topological polar surface area (TPSA) is 91.0 Å². The Bertz CT molecular complexity index is 998. The Hall–Kier alpha value is -3.48. The number of anilines is 1. The Kier molecular flexibility index (Phi) is 5.37. The molecule has 1 aromatic carbocycles. The third-order valence-electron chi connectivity index (χ3n) is 5.13. The summed E-state index contributed by atoms with van der Waals surface area (Å²) in [4.78, 5) is 31.6. The molecule has 1 aliphatic rings. The molecule has 2 N–H and O–H groups in total. The lowest BCUT2D eigenvalue weighted by Crippen LogP contribution is -2.43. The largest absolute Gasteiger partial charge is 0.337 e. The summed E-state index contributed by atoms with van der Waals surface area (Å²) in [6.07, 6.45) is 3.25. The quantitative estimate of drug-likeness (QED) is 0.716. The first-order valence-corrected chi connectivity index (χ1v) is 9.74. The first-order valence-electron chi connectivity index (χ1n) is 9.74. The molecule has 0 radical (unpaired) electrons. The molecule has 1 saturated heterocycles. The van der Waals surface area contributed by atoms with Gasteiger partial charge in [0.2, 0.25) is 5.91 Å². The number of hydrogen-bond acceptors (Lipinski definition) is 4. The van der Waals surface area contributed by atoms with Gasteiger partial charge in [-0.15, -0.1) is 0 Å². The van der Waals surface area contributed by atoms with Gasteiger partial charge in [-0.05, 0) is 50.1 Å². The molecule has 1 atom stereocenters. The van der Waals surface area contributed by atoms with Gasteiger partial charge in [0.1, 0.15) is 11.4 Å². The number of piperidine rings is 1. The fourth-order valence-electron chi connectivity index (χ4n) is 3.50. The molecule has 3 heterocycles. The van der Waals surface area contributed by atoms with Crippen LogP contribution < -0.4 is 5.32 Å². The maximum Gasteiger partial charge on any atom is 0.271 e. The lowest BCUT2D eigenvalue weighted by atomic mass is 9.96. The predicted molar refractivity (Wildman–Crippen MR) is 110 cm³/mol. The third kappa shape index (κ3) is 4.34. The van der Waals surface area contributed by atoms with E-state index in [-0.39, 0.29) is 17.7 Å².